The Morgan fingerprint density at radius 1 is 1.28 bits per heavy atom. The van der Waals surface area contributed by atoms with Gasteiger partial charge in [-0.15, -0.1) is 0 Å². The number of benzene rings is 1. The number of alkyl halides is 3. The number of rotatable bonds is 7. The van der Waals surface area contributed by atoms with Crippen LogP contribution in [0.3, 0.4) is 0 Å². The van der Waals surface area contributed by atoms with Crippen LogP contribution in [0.5, 0.6) is 11.5 Å². The summed E-state index contributed by atoms with van der Waals surface area (Å²) < 4.78 is 77.3. The van der Waals surface area contributed by atoms with Crippen LogP contribution in [0.15, 0.2) is 12.1 Å². The molecule has 25 heavy (non-hydrogen) atoms. The number of hydrogen-bond donors (Lipinski definition) is 0. The van der Waals surface area contributed by atoms with Gasteiger partial charge in [-0.2, -0.15) is 21.6 Å². The van der Waals surface area contributed by atoms with Gasteiger partial charge in [-0.3, -0.25) is 10.1 Å². The first kappa shape index (κ1) is 20.4. The molecule has 1 aromatic carbocycles. The van der Waals surface area contributed by atoms with Crippen molar-refractivity contribution in [3.8, 4) is 11.5 Å². The van der Waals surface area contributed by atoms with E-state index in [0.29, 0.717) is 0 Å². The van der Waals surface area contributed by atoms with Crippen molar-refractivity contribution in [2.75, 3.05) is 21.0 Å². The topological polar surface area (TPSA) is 131 Å². The van der Waals surface area contributed by atoms with Crippen molar-refractivity contribution in [2.24, 2.45) is 0 Å². The van der Waals surface area contributed by atoms with Gasteiger partial charge < -0.3 is 18.4 Å². The molecule has 0 unspecified atom stereocenters. The quantitative estimate of drug-likeness (QED) is 0.170. The number of halogens is 3. The van der Waals surface area contributed by atoms with Gasteiger partial charge >= 0.3 is 27.3 Å². The Morgan fingerprint density at radius 2 is 1.88 bits per heavy atom. The third-order valence-electron chi connectivity index (χ3n) is 2.49. The molecule has 0 spiro atoms. The molecule has 0 N–H and O–H groups in total. The van der Waals surface area contributed by atoms with E-state index in [-0.39, 0.29) is 0 Å². The number of carbonyl (C=O) groups excluding carboxylic acids is 1. The molecule has 0 bridgehead atoms. The van der Waals surface area contributed by atoms with E-state index in [1.807, 2.05) is 0 Å². The Hall–Kier alpha value is -2.61. The highest BCUT2D eigenvalue weighted by Gasteiger charge is 2.50. The fraction of sp³-hybridized carbons (Fsp3) is 0.364. The second kappa shape index (κ2) is 7.52. The lowest BCUT2D eigenvalue weighted by atomic mass is 10.1. The molecular weight excluding hydrogens is 379 g/mol. The van der Waals surface area contributed by atoms with Gasteiger partial charge in [-0.05, 0) is 12.1 Å². The number of nitrogens with zero attached hydrogens (tertiary/aromatic N) is 1. The lowest BCUT2D eigenvalue weighted by Crippen LogP contribution is -2.29. The lowest BCUT2D eigenvalue weighted by molar-refractivity contribution is -0.386. The molecule has 1 rings (SSSR count). The fourth-order valence-corrected chi connectivity index (χ4v) is 1.96. The standard InChI is InChI=1S/C11H10F3NO9S/c1-21-5-23-7-4-3-6(10(16)22-2)9(8(7)15(17)18)24-25(19,20)11(12,13)14/h3-4H,5H2,1-2H3. The van der Waals surface area contributed by atoms with E-state index in [0.717, 1.165) is 26.4 Å². The molecule has 0 amide bonds. The third-order valence-corrected chi connectivity index (χ3v) is 3.44. The van der Waals surface area contributed by atoms with Gasteiger partial charge in [0, 0.05) is 7.11 Å². The molecule has 0 aliphatic heterocycles. The average molecular weight is 389 g/mol. The summed E-state index contributed by atoms with van der Waals surface area (Å²) in [7, 11) is -4.33. The Kier molecular flexibility index (Phi) is 6.15. The van der Waals surface area contributed by atoms with Crippen molar-refractivity contribution in [1.29, 1.82) is 0 Å². The molecule has 0 fully saturated rings. The van der Waals surface area contributed by atoms with Gasteiger partial charge in [0.25, 0.3) is 0 Å². The molecule has 0 atom stereocenters. The molecule has 1 aromatic rings. The first-order valence-corrected chi connectivity index (χ1v) is 7.39. The molecule has 14 heteroatoms. The summed E-state index contributed by atoms with van der Waals surface area (Å²) in [5.41, 5.74) is -8.14. The average Bonchev–Trinajstić information content (AvgIpc) is 2.50. The van der Waals surface area contributed by atoms with E-state index in [2.05, 4.69) is 13.7 Å². The summed E-state index contributed by atoms with van der Waals surface area (Å²) >= 11 is 0. The molecule has 0 aliphatic carbocycles. The minimum absolute atomic E-state index is 0.552. The number of nitro benzene ring substituents is 1. The predicted molar refractivity (Wildman–Crippen MR) is 72.5 cm³/mol. The number of ether oxygens (including phenoxy) is 3. The SMILES string of the molecule is COCOc1ccc(C(=O)OC)c(OS(=O)(=O)C(F)(F)F)c1[N+](=O)[O-]. The van der Waals surface area contributed by atoms with Crippen LogP contribution in [-0.4, -0.2) is 45.8 Å². The maximum Gasteiger partial charge on any atom is 0.534 e. The number of hydrogen-bond acceptors (Lipinski definition) is 9. The normalized spacial score (nSPS) is 11.7. The van der Waals surface area contributed by atoms with Crippen LogP contribution in [0.1, 0.15) is 10.4 Å². The number of nitro groups is 1. The monoisotopic (exact) mass is 389 g/mol. The second-order valence-corrected chi connectivity index (χ2v) is 5.61. The van der Waals surface area contributed by atoms with Crippen molar-refractivity contribution < 1.29 is 49.7 Å². The second-order valence-electron chi connectivity index (χ2n) is 4.07. The zero-order valence-electron chi connectivity index (χ0n) is 12.5. The van der Waals surface area contributed by atoms with Crippen molar-refractivity contribution in [2.45, 2.75) is 5.51 Å². The van der Waals surface area contributed by atoms with Crippen LogP contribution in [0.2, 0.25) is 0 Å². The summed E-state index contributed by atoms with van der Waals surface area (Å²) in [6.45, 7) is -0.552. The van der Waals surface area contributed by atoms with Gasteiger partial charge in [-0.25, -0.2) is 4.79 Å². The maximum atomic E-state index is 12.5. The van der Waals surface area contributed by atoms with Crippen molar-refractivity contribution >= 4 is 21.8 Å². The summed E-state index contributed by atoms with van der Waals surface area (Å²) in [6.07, 6.45) is 0. The molecule has 0 saturated heterocycles. The zero-order valence-corrected chi connectivity index (χ0v) is 13.3. The Labute approximate surface area is 138 Å². The van der Waals surface area contributed by atoms with E-state index in [1.165, 1.54) is 0 Å². The van der Waals surface area contributed by atoms with E-state index in [9.17, 15) is 36.5 Å². The van der Waals surface area contributed by atoms with Crippen molar-refractivity contribution in [3.63, 3.8) is 0 Å². The Balaban J connectivity index is 3.67. The number of carbonyl (C=O) groups is 1. The first-order valence-electron chi connectivity index (χ1n) is 5.98. The van der Waals surface area contributed by atoms with Gasteiger partial charge in [0.1, 0.15) is 5.56 Å². The highest BCUT2D eigenvalue weighted by atomic mass is 32.2. The maximum absolute atomic E-state index is 12.5. The summed E-state index contributed by atoms with van der Waals surface area (Å²) in [4.78, 5) is 21.5. The predicted octanol–water partition coefficient (Wildman–Crippen LogP) is 1.59. The summed E-state index contributed by atoms with van der Waals surface area (Å²) in [6, 6.07) is 1.58. The van der Waals surface area contributed by atoms with Crippen LogP contribution in [0.25, 0.3) is 0 Å². The first-order chi connectivity index (χ1) is 11.5. The molecule has 0 aromatic heterocycles. The van der Waals surface area contributed by atoms with Crippen molar-refractivity contribution in [3.05, 3.63) is 27.8 Å². The molecular formula is C11H10F3NO9S. The lowest BCUT2D eigenvalue weighted by Gasteiger charge is -2.14. The molecule has 0 radical (unpaired) electrons. The van der Waals surface area contributed by atoms with Crippen LogP contribution in [-0.2, 0) is 19.6 Å². The van der Waals surface area contributed by atoms with Crippen LogP contribution < -0.4 is 8.92 Å². The Bertz CT molecular complexity index is 776. The van der Waals surface area contributed by atoms with Gasteiger partial charge in [0.05, 0.1) is 12.0 Å². The van der Waals surface area contributed by atoms with Gasteiger partial charge in [0.2, 0.25) is 11.5 Å². The van der Waals surface area contributed by atoms with E-state index >= 15 is 0 Å². The highest BCUT2D eigenvalue weighted by molar-refractivity contribution is 7.88. The zero-order chi connectivity index (χ0) is 19.4. The summed E-state index contributed by atoms with van der Waals surface area (Å²) in [5.74, 6) is -3.55. The minimum Gasteiger partial charge on any atom is -0.465 e. The van der Waals surface area contributed by atoms with Gasteiger partial charge in [-0.1, -0.05) is 0 Å². The van der Waals surface area contributed by atoms with Crippen LogP contribution >= 0.6 is 0 Å². The van der Waals surface area contributed by atoms with Gasteiger partial charge in [0.15, 0.2) is 6.79 Å². The molecule has 10 nitrogen and oxygen atoms in total. The summed E-state index contributed by atoms with van der Waals surface area (Å²) in [5, 5.41) is 11.2. The van der Waals surface area contributed by atoms with E-state index < -0.39 is 56.1 Å². The number of esters is 1. The largest absolute Gasteiger partial charge is 0.534 e. The molecule has 0 heterocycles. The minimum atomic E-state index is -6.31. The van der Waals surface area contributed by atoms with E-state index in [4.69, 9.17) is 4.74 Å². The Morgan fingerprint density at radius 3 is 2.32 bits per heavy atom. The third kappa shape index (κ3) is 4.48. The molecule has 0 saturated carbocycles. The van der Waals surface area contributed by atoms with Crippen LogP contribution in [0, 0.1) is 10.1 Å². The van der Waals surface area contributed by atoms with Crippen molar-refractivity contribution in [1.82, 2.24) is 0 Å². The number of methoxy groups -OCH3 is 2. The molecule has 140 valence electrons. The van der Waals surface area contributed by atoms with Crippen LogP contribution in [0.4, 0.5) is 18.9 Å². The van der Waals surface area contributed by atoms with E-state index in [1.54, 1.807) is 0 Å². The smallest absolute Gasteiger partial charge is 0.465 e. The molecule has 0 aliphatic rings. The highest BCUT2D eigenvalue weighted by Crippen LogP contribution is 2.42. The fourth-order valence-electron chi connectivity index (χ4n) is 1.48.